The molecule has 28 heavy (non-hydrogen) atoms. The molecule has 0 unspecified atom stereocenters. The second-order valence-corrected chi connectivity index (χ2v) is 6.41. The molecule has 0 aliphatic carbocycles. The van der Waals surface area contributed by atoms with Crippen molar-refractivity contribution >= 4 is 34.9 Å². The number of aromatic hydroxyl groups is 2. The fraction of sp³-hybridized carbons (Fsp3) is 0.111. The van der Waals surface area contributed by atoms with Crippen LogP contribution in [0.2, 0.25) is 10.0 Å². The van der Waals surface area contributed by atoms with Crippen LogP contribution < -0.4 is 0 Å². The first-order valence-electron chi connectivity index (χ1n) is 7.54. The Labute approximate surface area is 169 Å². The number of aliphatic hydroxyl groups excluding tert-OH is 1. The molecule has 1 aromatic carbocycles. The third kappa shape index (κ3) is 4.26. The molecule has 0 radical (unpaired) electrons. The van der Waals surface area contributed by atoms with E-state index in [9.17, 15) is 25.4 Å². The molecule has 0 atom stereocenters. The summed E-state index contributed by atoms with van der Waals surface area (Å²) in [6.07, 6.45) is 1.07. The number of nitriles is 2. The second kappa shape index (κ2) is 8.49. The highest BCUT2D eigenvalue weighted by atomic mass is 35.5. The number of carbonyl (C=O) groups is 1. The summed E-state index contributed by atoms with van der Waals surface area (Å²) in [5.74, 6) is -2.17. The Balaban J connectivity index is 2.38. The summed E-state index contributed by atoms with van der Waals surface area (Å²) in [6.45, 7) is -0.155. The molecule has 2 rings (SSSR count). The SMILES string of the molecule is CN(Cc1cc(C#N)ncc1O)C(=O)/C(C#N)=C(\O)c1cc(Cl)c(O)c(Cl)c1. The van der Waals surface area contributed by atoms with Crippen molar-refractivity contribution in [1.82, 2.24) is 9.88 Å². The van der Waals surface area contributed by atoms with Crippen molar-refractivity contribution < 1.29 is 20.1 Å². The Hall–Kier alpha value is -3.46. The number of aliphatic hydroxyl groups is 1. The van der Waals surface area contributed by atoms with Gasteiger partial charge in [-0.2, -0.15) is 10.5 Å². The molecule has 142 valence electrons. The van der Waals surface area contributed by atoms with Crippen LogP contribution in [0.3, 0.4) is 0 Å². The van der Waals surface area contributed by atoms with Gasteiger partial charge in [0.1, 0.15) is 29.3 Å². The number of hydrogen-bond acceptors (Lipinski definition) is 7. The number of rotatable bonds is 4. The molecule has 0 aliphatic rings. The lowest BCUT2D eigenvalue weighted by Gasteiger charge is -2.18. The monoisotopic (exact) mass is 418 g/mol. The van der Waals surface area contributed by atoms with E-state index in [0.717, 1.165) is 23.2 Å². The average Bonchev–Trinajstić information content (AvgIpc) is 2.67. The van der Waals surface area contributed by atoms with E-state index < -0.39 is 23.0 Å². The van der Waals surface area contributed by atoms with E-state index in [2.05, 4.69) is 4.98 Å². The third-order valence-electron chi connectivity index (χ3n) is 3.69. The first-order valence-corrected chi connectivity index (χ1v) is 8.30. The minimum absolute atomic E-state index is 0.0374. The van der Waals surface area contributed by atoms with Crippen molar-refractivity contribution in [3.05, 3.63) is 56.8 Å². The van der Waals surface area contributed by atoms with Gasteiger partial charge in [-0.1, -0.05) is 23.2 Å². The number of likely N-dealkylation sites (N-methyl/N-ethyl adjacent to an activating group) is 1. The summed E-state index contributed by atoms with van der Waals surface area (Å²) in [5, 5.41) is 47.7. The van der Waals surface area contributed by atoms with Crippen LogP contribution in [0, 0.1) is 22.7 Å². The maximum atomic E-state index is 12.6. The maximum absolute atomic E-state index is 12.6. The van der Waals surface area contributed by atoms with E-state index in [1.54, 1.807) is 6.07 Å². The lowest BCUT2D eigenvalue weighted by Crippen LogP contribution is -2.28. The molecule has 8 nitrogen and oxygen atoms in total. The highest BCUT2D eigenvalue weighted by molar-refractivity contribution is 6.37. The van der Waals surface area contributed by atoms with Gasteiger partial charge in [-0.3, -0.25) is 4.79 Å². The first-order chi connectivity index (χ1) is 13.2. The van der Waals surface area contributed by atoms with E-state index in [-0.39, 0.29) is 39.2 Å². The van der Waals surface area contributed by atoms with Crippen molar-refractivity contribution in [1.29, 1.82) is 10.5 Å². The van der Waals surface area contributed by atoms with Crippen LogP contribution in [0.15, 0.2) is 30.0 Å². The van der Waals surface area contributed by atoms with Crippen molar-refractivity contribution in [2.75, 3.05) is 7.05 Å². The maximum Gasteiger partial charge on any atom is 0.268 e. The first kappa shape index (κ1) is 20.8. The average molecular weight is 419 g/mol. The zero-order valence-corrected chi connectivity index (χ0v) is 15.8. The van der Waals surface area contributed by atoms with Gasteiger partial charge in [0, 0.05) is 24.7 Å². The van der Waals surface area contributed by atoms with Crippen LogP contribution in [-0.4, -0.2) is 38.2 Å². The minimum atomic E-state index is -0.852. The molecule has 1 heterocycles. The number of aromatic nitrogens is 1. The quantitative estimate of drug-likeness (QED) is 0.393. The number of pyridine rings is 1. The predicted octanol–water partition coefficient (Wildman–Crippen LogP) is 3.12. The highest BCUT2D eigenvalue weighted by Gasteiger charge is 2.22. The van der Waals surface area contributed by atoms with Gasteiger partial charge < -0.3 is 20.2 Å². The summed E-state index contributed by atoms with van der Waals surface area (Å²) >= 11 is 11.6. The van der Waals surface area contributed by atoms with Gasteiger partial charge in [0.25, 0.3) is 5.91 Å². The van der Waals surface area contributed by atoms with Gasteiger partial charge in [0.15, 0.2) is 11.3 Å². The summed E-state index contributed by atoms with van der Waals surface area (Å²) in [4.78, 5) is 17.4. The van der Waals surface area contributed by atoms with Gasteiger partial charge in [-0.15, -0.1) is 0 Å². The zero-order valence-electron chi connectivity index (χ0n) is 14.3. The normalized spacial score (nSPS) is 11.2. The lowest BCUT2D eigenvalue weighted by molar-refractivity contribution is -0.126. The summed E-state index contributed by atoms with van der Waals surface area (Å²) in [6, 6.07) is 7.03. The van der Waals surface area contributed by atoms with Crippen LogP contribution in [0.1, 0.15) is 16.8 Å². The molecule has 3 N–H and O–H groups in total. The largest absolute Gasteiger partial charge is 0.506 e. The number of halogens is 2. The van der Waals surface area contributed by atoms with E-state index >= 15 is 0 Å². The van der Waals surface area contributed by atoms with Gasteiger partial charge in [0.2, 0.25) is 0 Å². The molecule has 2 aromatic rings. The standard InChI is InChI=1S/C18H12Cl2N4O4/c1-24(8-10-2-11(5-21)23-7-15(10)25)18(28)12(6-22)16(26)9-3-13(19)17(27)14(20)4-9/h2-4,7,25-27H,8H2,1H3/b16-12-. The van der Waals surface area contributed by atoms with Crippen molar-refractivity contribution in [2.24, 2.45) is 0 Å². The van der Waals surface area contributed by atoms with Crippen molar-refractivity contribution in [3.8, 4) is 23.6 Å². The number of benzene rings is 1. The van der Waals surface area contributed by atoms with Crippen LogP contribution in [0.4, 0.5) is 0 Å². The number of phenols is 1. The summed E-state index contributed by atoms with van der Waals surface area (Å²) < 4.78 is 0. The van der Waals surface area contributed by atoms with E-state index in [0.29, 0.717) is 0 Å². The Morgan fingerprint density at radius 1 is 1.21 bits per heavy atom. The molecular weight excluding hydrogens is 407 g/mol. The molecule has 0 spiro atoms. The lowest BCUT2D eigenvalue weighted by atomic mass is 10.1. The van der Waals surface area contributed by atoms with E-state index in [1.807, 2.05) is 6.07 Å². The minimum Gasteiger partial charge on any atom is -0.506 e. The fourth-order valence-corrected chi connectivity index (χ4v) is 2.73. The number of nitrogens with zero attached hydrogens (tertiary/aromatic N) is 4. The molecular formula is C18H12Cl2N4O4. The molecule has 0 bridgehead atoms. The molecule has 0 aliphatic heterocycles. The van der Waals surface area contributed by atoms with Crippen LogP contribution >= 0.6 is 23.2 Å². The van der Waals surface area contributed by atoms with Gasteiger partial charge >= 0.3 is 0 Å². The van der Waals surface area contributed by atoms with E-state index in [1.165, 1.54) is 13.1 Å². The number of carbonyl (C=O) groups excluding carboxylic acids is 1. The molecule has 0 saturated carbocycles. The number of phenolic OH excluding ortho intramolecular Hbond substituents is 1. The van der Waals surface area contributed by atoms with E-state index in [4.69, 9.17) is 28.5 Å². The summed E-state index contributed by atoms with van der Waals surface area (Å²) in [7, 11) is 1.34. The third-order valence-corrected chi connectivity index (χ3v) is 4.26. The number of amides is 1. The summed E-state index contributed by atoms with van der Waals surface area (Å²) in [5.41, 5.74) is -0.366. The predicted molar refractivity (Wildman–Crippen MR) is 100 cm³/mol. The second-order valence-electron chi connectivity index (χ2n) is 5.60. The fourth-order valence-electron chi connectivity index (χ4n) is 2.24. The van der Waals surface area contributed by atoms with Crippen LogP contribution in [-0.2, 0) is 11.3 Å². The Kier molecular flexibility index (Phi) is 6.32. The van der Waals surface area contributed by atoms with Crippen LogP contribution in [0.5, 0.6) is 11.5 Å². The smallest absolute Gasteiger partial charge is 0.268 e. The van der Waals surface area contributed by atoms with Gasteiger partial charge in [-0.25, -0.2) is 4.98 Å². The highest BCUT2D eigenvalue weighted by Crippen LogP contribution is 2.35. The molecule has 1 amide bonds. The van der Waals surface area contributed by atoms with Gasteiger partial charge in [0.05, 0.1) is 16.2 Å². The molecule has 10 heteroatoms. The number of hydrogen-bond donors (Lipinski definition) is 3. The molecule has 0 saturated heterocycles. The van der Waals surface area contributed by atoms with Crippen molar-refractivity contribution in [2.45, 2.75) is 6.54 Å². The van der Waals surface area contributed by atoms with Gasteiger partial charge in [-0.05, 0) is 18.2 Å². The molecule has 0 fully saturated rings. The van der Waals surface area contributed by atoms with Crippen LogP contribution in [0.25, 0.3) is 5.76 Å². The Morgan fingerprint density at radius 3 is 2.36 bits per heavy atom. The molecule has 1 aromatic heterocycles. The Bertz CT molecular complexity index is 1050. The van der Waals surface area contributed by atoms with Crippen molar-refractivity contribution in [3.63, 3.8) is 0 Å². The zero-order chi connectivity index (χ0) is 21.0. The Morgan fingerprint density at radius 2 is 1.82 bits per heavy atom. The topological polar surface area (TPSA) is 141 Å².